The lowest BCUT2D eigenvalue weighted by Crippen LogP contribution is -2.18. The molecule has 21 heavy (non-hydrogen) atoms. The fourth-order valence-electron chi connectivity index (χ4n) is 2.53. The van der Waals surface area contributed by atoms with Crippen LogP contribution in [0, 0.1) is 0 Å². The molecule has 2 atom stereocenters. The minimum atomic E-state index is -0.463. The zero-order valence-electron chi connectivity index (χ0n) is 12.8. The van der Waals surface area contributed by atoms with Crippen LogP contribution in [0.15, 0.2) is 12.1 Å². The first kappa shape index (κ1) is 15.6. The van der Waals surface area contributed by atoms with Crippen LogP contribution in [0.5, 0.6) is 11.5 Å². The van der Waals surface area contributed by atoms with E-state index in [0.29, 0.717) is 13.2 Å². The number of esters is 1. The van der Waals surface area contributed by atoms with Gasteiger partial charge in [-0.2, -0.15) is 0 Å². The smallest absolute Gasteiger partial charge is 0.307 e. The first-order valence-corrected chi connectivity index (χ1v) is 7.42. The largest absolute Gasteiger partial charge is 0.494 e. The number of rotatable bonds is 6. The van der Waals surface area contributed by atoms with Crippen molar-refractivity contribution in [1.82, 2.24) is 0 Å². The zero-order chi connectivity index (χ0) is 15.4. The zero-order valence-corrected chi connectivity index (χ0v) is 12.8. The first-order valence-electron chi connectivity index (χ1n) is 7.42. The van der Waals surface area contributed by atoms with E-state index in [4.69, 9.17) is 19.9 Å². The third kappa shape index (κ3) is 3.67. The van der Waals surface area contributed by atoms with Crippen molar-refractivity contribution in [3.63, 3.8) is 0 Å². The fourth-order valence-corrected chi connectivity index (χ4v) is 2.53. The quantitative estimate of drug-likeness (QED) is 0.815. The number of ether oxygens (including phenoxy) is 3. The summed E-state index contributed by atoms with van der Waals surface area (Å²) in [5.74, 6) is 1.26. The molecule has 0 aromatic heterocycles. The predicted molar refractivity (Wildman–Crippen MR) is 79.6 cm³/mol. The molecule has 0 radical (unpaired) electrons. The summed E-state index contributed by atoms with van der Waals surface area (Å²) in [6, 6.07) is 3.41. The van der Waals surface area contributed by atoms with Crippen LogP contribution in [0.3, 0.4) is 0 Å². The van der Waals surface area contributed by atoms with Crippen LogP contribution < -0.4 is 15.2 Å². The Hall–Kier alpha value is -1.75. The lowest BCUT2D eigenvalue weighted by molar-refractivity contribution is -0.143. The van der Waals surface area contributed by atoms with Crippen LogP contribution in [-0.4, -0.2) is 25.3 Å². The normalized spacial score (nSPS) is 17.8. The number of carbonyl (C=O) groups excluding carboxylic acids is 1. The molecule has 0 bridgehead atoms. The molecule has 116 valence electrons. The minimum absolute atomic E-state index is 0.127. The molecule has 0 fully saturated rings. The number of fused-ring (bicyclic) bond motifs is 1. The third-order valence-corrected chi connectivity index (χ3v) is 3.42. The van der Waals surface area contributed by atoms with E-state index in [9.17, 15) is 4.79 Å². The maximum atomic E-state index is 11.6. The second kappa shape index (κ2) is 6.80. The molecule has 0 spiro atoms. The van der Waals surface area contributed by atoms with Crippen molar-refractivity contribution < 1.29 is 19.0 Å². The summed E-state index contributed by atoms with van der Waals surface area (Å²) in [5, 5.41) is 0. The second-order valence-electron chi connectivity index (χ2n) is 5.18. The summed E-state index contributed by atoms with van der Waals surface area (Å²) < 4.78 is 16.4. The monoisotopic (exact) mass is 293 g/mol. The van der Waals surface area contributed by atoms with Crippen LogP contribution >= 0.6 is 0 Å². The van der Waals surface area contributed by atoms with Crippen molar-refractivity contribution in [1.29, 1.82) is 0 Å². The van der Waals surface area contributed by atoms with Gasteiger partial charge in [0.1, 0.15) is 17.6 Å². The Morgan fingerprint density at radius 3 is 2.86 bits per heavy atom. The van der Waals surface area contributed by atoms with Crippen LogP contribution in [-0.2, 0) is 16.0 Å². The maximum absolute atomic E-state index is 11.6. The Kier molecular flexibility index (Phi) is 5.07. The first-order chi connectivity index (χ1) is 10.0. The standard InChI is InChI=1S/C16H23NO4/c1-4-19-15-7-11-6-10(3)21-14(11)8-12(15)13(17)9-16(18)20-5-2/h7-8,10,13H,4-6,9,17H2,1-3H3. The van der Waals surface area contributed by atoms with E-state index in [2.05, 4.69) is 0 Å². The number of benzene rings is 1. The Balaban J connectivity index is 2.24. The summed E-state index contributed by atoms with van der Waals surface area (Å²) >= 11 is 0. The molecule has 5 nitrogen and oxygen atoms in total. The molecular weight excluding hydrogens is 270 g/mol. The highest BCUT2D eigenvalue weighted by atomic mass is 16.5. The van der Waals surface area contributed by atoms with Crippen LogP contribution in [0.4, 0.5) is 0 Å². The van der Waals surface area contributed by atoms with E-state index >= 15 is 0 Å². The molecule has 2 N–H and O–H groups in total. The molecule has 0 aliphatic carbocycles. The molecule has 1 aliphatic heterocycles. The van der Waals surface area contributed by atoms with Crippen LogP contribution in [0.2, 0.25) is 0 Å². The number of nitrogens with two attached hydrogens (primary N) is 1. The minimum Gasteiger partial charge on any atom is -0.494 e. The van der Waals surface area contributed by atoms with E-state index in [1.165, 1.54) is 0 Å². The van der Waals surface area contributed by atoms with Crippen molar-refractivity contribution in [2.24, 2.45) is 5.73 Å². The van der Waals surface area contributed by atoms with Gasteiger partial charge in [0.25, 0.3) is 0 Å². The van der Waals surface area contributed by atoms with Gasteiger partial charge in [-0.05, 0) is 32.9 Å². The van der Waals surface area contributed by atoms with Crippen LogP contribution in [0.25, 0.3) is 0 Å². The Morgan fingerprint density at radius 1 is 1.43 bits per heavy atom. The molecule has 1 aliphatic rings. The van der Waals surface area contributed by atoms with E-state index in [1.807, 2.05) is 26.0 Å². The van der Waals surface area contributed by atoms with Crippen molar-refractivity contribution in [3.05, 3.63) is 23.3 Å². The average molecular weight is 293 g/mol. The predicted octanol–water partition coefficient (Wildman–Crippen LogP) is 2.36. The Bertz CT molecular complexity index is 515. The Morgan fingerprint density at radius 2 is 2.19 bits per heavy atom. The molecule has 0 amide bonds. The van der Waals surface area contributed by atoms with Gasteiger partial charge in [0, 0.05) is 23.6 Å². The van der Waals surface area contributed by atoms with Gasteiger partial charge in [0.15, 0.2) is 0 Å². The number of hydrogen-bond donors (Lipinski definition) is 1. The molecular formula is C16H23NO4. The van der Waals surface area contributed by atoms with E-state index in [0.717, 1.165) is 29.0 Å². The highest BCUT2D eigenvalue weighted by molar-refractivity contribution is 5.70. The van der Waals surface area contributed by atoms with Gasteiger partial charge >= 0.3 is 5.97 Å². The summed E-state index contributed by atoms with van der Waals surface area (Å²) in [7, 11) is 0. The van der Waals surface area contributed by atoms with Gasteiger partial charge in [-0.25, -0.2) is 0 Å². The van der Waals surface area contributed by atoms with Crippen molar-refractivity contribution in [3.8, 4) is 11.5 Å². The molecule has 0 saturated carbocycles. The van der Waals surface area contributed by atoms with Crippen molar-refractivity contribution in [2.75, 3.05) is 13.2 Å². The van der Waals surface area contributed by atoms with Crippen LogP contribution in [0.1, 0.15) is 44.4 Å². The molecule has 2 unspecified atom stereocenters. The van der Waals surface area contributed by atoms with Gasteiger partial charge < -0.3 is 19.9 Å². The van der Waals surface area contributed by atoms with Gasteiger partial charge in [-0.15, -0.1) is 0 Å². The van der Waals surface area contributed by atoms with Gasteiger partial charge in [-0.1, -0.05) is 0 Å². The lowest BCUT2D eigenvalue weighted by atomic mass is 10.00. The number of hydrogen-bond acceptors (Lipinski definition) is 5. The average Bonchev–Trinajstić information content (AvgIpc) is 2.77. The molecule has 0 saturated heterocycles. The highest BCUT2D eigenvalue weighted by Gasteiger charge is 2.25. The molecule has 2 rings (SSSR count). The molecule has 1 aromatic rings. The van der Waals surface area contributed by atoms with Gasteiger partial charge in [-0.3, -0.25) is 4.79 Å². The summed E-state index contributed by atoms with van der Waals surface area (Å²) in [6.07, 6.45) is 1.15. The van der Waals surface area contributed by atoms with E-state index < -0.39 is 6.04 Å². The van der Waals surface area contributed by atoms with Gasteiger partial charge in [0.2, 0.25) is 0 Å². The number of carbonyl (C=O) groups is 1. The third-order valence-electron chi connectivity index (χ3n) is 3.42. The van der Waals surface area contributed by atoms with Crippen molar-refractivity contribution in [2.45, 2.75) is 45.8 Å². The van der Waals surface area contributed by atoms with E-state index in [-0.39, 0.29) is 18.5 Å². The summed E-state index contributed by atoms with van der Waals surface area (Å²) in [4.78, 5) is 11.6. The molecule has 5 heteroatoms. The Labute approximate surface area is 125 Å². The van der Waals surface area contributed by atoms with Crippen molar-refractivity contribution >= 4 is 5.97 Å². The summed E-state index contributed by atoms with van der Waals surface area (Å²) in [6.45, 7) is 6.63. The summed E-state index contributed by atoms with van der Waals surface area (Å²) in [5.41, 5.74) is 8.06. The second-order valence-corrected chi connectivity index (χ2v) is 5.18. The lowest BCUT2D eigenvalue weighted by Gasteiger charge is -2.17. The topological polar surface area (TPSA) is 70.8 Å². The fraction of sp³-hybridized carbons (Fsp3) is 0.562. The molecule has 1 aromatic carbocycles. The van der Waals surface area contributed by atoms with Gasteiger partial charge in [0.05, 0.1) is 19.6 Å². The van der Waals surface area contributed by atoms with E-state index in [1.54, 1.807) is 6.92 Å². The highest BCUT2D eigenvalue weighted by Crippen LogP contribution is 2.37. The maximum Gasteiger partial charge on any atom is 0.307 e. The SMILES string of the molecule is CCOC(=O)CC(N)c1cc2c(cc1OCC)CC(C)O2. The molecule has 1 heterocycles.